The monoisotopic (exact) mass is 237 g/mol. The number of carbonyl (C=O) groups excluding carboxylic acids is 2. The smallest absolute Gasteiger partial charge is 0.234 e. The van der Waals surface area contributed by atoms with Crippen molar-refractivity contribution >= 4 is 11.7 Å². The van der Waals surface area contributed by atoms with Gasteiger partial charge in [0.25, 0.3) is 0 Å². The van der Waals surface area contributed by atoms with E-state index >= 15 is 0 Å². The van der Waals surface area contributed by atoms with Crippen LogP contribution in [0.25, 0.3) is 0 Å². The van der Waals surface area contributed by atoms with Crippen molar-refractivity contribution in [2.24, 2.45) is 0 Å². The maximum absolute atomic E-state index is 11.6. The van der Waals surface area contributed by atoms with Crippen LogP contribution in [0.5, 0.6) is 0 Å². The van der Waals surface area contributed by atoms with Crippen LogP contribution in [0.3, 0.4) is 0 Å². The molecule has 1 atom stereocenters. The fraction of sp³-hybridized carbons (Fsp3) is 0.750. The summed E-state index contributed by atoms with van der Waals surface area (Å²) in [5.74, 6) is 0.113. The molecule has 0 bridgehead atoms. The predicted octanol–water partition coefficient (Wildman–Crippen LogP) is 0.460. The Labute approximate surface area is 102 Å². The Hall–Kier alpha value is -1.41. The highest BCUT2D eigenvalue weighted by atomic mass is 16.2. The van der Waals surface area contributed by atoms with Gasteiger partial charge in [-0.2, -0.15) is 5.26 Å². The zero-order chi connectivity index (χ0) is 12.7. The fourth-order valence-corrected chi connectivity index (χ4v) is 2.16. The predicted molar refractivity (Wildman–Crippen MR) is 63.1 cm³/mol. The van der Waals surface area contributed by atoms with Gasteiger partial charge >= 0.3 is 0 Å². The molecule has 0 saturated carbocycles. The van der Waals surface area contributed by atoms with E-state index in [0.29, 0.717) is 25.9 Å². The zero-order valence-electron chi connectivity index (χ0n) is 10.2. The summed E-state index contributed by atoms with van der Waals surface area (Å²) in [6, 6.07) is 2.20. The average molecular weight is 237 g/mol. The highest BCUT2D eigenvalue weighted by Gasteiger charge is 2.26. The Kier molecular flexibility index (Phi) is 5.64. The molecule has 1 heterocycles. The van der Waals surface area contributed by atoms with Crippen LogP contribution in [0.2, 0.25) is 0 Å². The zero-order valence-corrected chi connectivity index (χ0v) is 10.2. The Morgan fingerprint density at radius 2 is 2.29 bits per heavy atom. The Balaban J connectivity index is 2.31. The van der Waals surface area contributed by atoms with Crippen LogP contribution in [-0.4, -0.2) is 42.3 Å². The first-order valence-electron chi connectivity index (χ1n) is 6.00. The third kappa shape index (κ3) is 4.96. The van der Waals surface area contributed by atoms with Gasteiger partial charge in [-0.1, -0.05) is 0 Å². The lowest BCUT2D eigenvalue weighted by Crippen LogP contribution is -2.40. The third-order valence-corrected chi connectivity index (χ3v) is 2.93. The van der Waals surface area contributed by atoms with Crippen molar-refractivity contribution in [3.05, 3.63) is 0 Å². The van der Waals surface area contributed by atoms with Crippen LogP contribution in [0.1, 0.15) is 32.6 Å². The van der Waals surface area contributed by atoms with Gasteiger partial charge in [0.05, 0.1) is 19.0 Å². The van der Waals surface area contributed by atoms with E-state index in [1.54, 1.807) is 6.92 Å². The molecular weight excluding hydrogens is 218 g/mol. The number of amides is 1. The molecule has 0 aromatic heterocycles. The van der Waals surface area contributed by atoms with E-state index in [4.69, 9.17) is 5.26 Å². The van der Waals surface area contributed by atoms with Crippen LogP contribution in [-0.2, 0) is 9.59 Å². The number of nitrogens with one attached hydrogen (secondary N) is 1. The summed E-state index contributed by atoms with van der Waals surface area (Å²) in [6.07, 6.45) is 2.91. The summed E-state index contributed by atoms with van der Waals surface area (Å²) >= 11 is 0. The van der Waals surface area contributed by atoms with Crippen molar-refractivity contribution in [2.75, 3.05) is 19.6 Å². The highest BCUT2D eigenvalue weighted by molar-refractivity contribution is 5.78. The molecule has 1 aliphatic heterocycles. The van der Waals surface area contributed by atoms with Gasteiger partial charge in [-0.3, -0.25) is 14.5 Å². The van der Waals surface area contributed by atoms with Gasteiger partial charge in [-0.05, 0) is 26.3 Å². The Bertz CT molecular complexity index is 322. The number of nitrogens with zero attached hydrogens (tertiary/aromatic N) is 2. The summed E-state index contributed by atoms with van der Waals surface area (Å²) < 4.78 is 0. The number of hydrogen-bond acceptors (Lipinski definition) is 4. The second-order valence-electron chi connectivity index (χ2n) is 4.43. The van der Waals surface area contributed by atoms with Gasteiger partial charge in [0.2, 0.25) is 5.91 Å². The van der Waals surface area contributed by atoms with E-state index in [1.165, 1.54) is 0 Å². The summed E-state index contributed by atoms with van der Waals surface area (Å²) in [6.45, 7) is 3.21. The average Bonchev–Trinajstić information content (AvgIpc) is 2.65. The molecule has 1 aliphatic rings. The van der Waals surface area contributed by atoms with Gasteiger partial charge in [-0.15, -0.1) is 0 Å². The van der Waals surface area contributed by atoms with E-state index in [1.807, 2.05) is 6.07 Å². The van der Waals surface area contributed by atoms with Gasteiger partial charge in [0.15, 0.2) is 0 Å². The van der Waals surface area contributed by atoms with E-state index in [0.717, 1.165) is 19.4 Å². The van der Waals surface area contributed by atoms with E-state index in [9.17, 15) is 9.59 Å². The van der Waals surface area contributed by atoms with Crippen LogP contribution in [0.15, 0.2) is 0 Å². The van der Waals surface area contributed by atoms with E-state index in [-0.39, 0.29) is 17.7 Å². The highest BCUT2D eigenvalue weighted by Crippen LogP contribution is 2.19. The fourth-order valence-electron chi connectivity index (χ4n) is 2.16. The van der Waals surface area contributed by atoms with Gasteiger partial charge in [-0.25, -0.2) is 0 Å². The normalized spacial score (nSPS) is 19.9. The first kappa shape index (κ1) is 13.7. The lowest BCUT2D eigenvalue weighted by molar-refractivity contribution is -0.123. The second kappa shape index (κ2) is 7.02. The minimum Gasteiger partial charge on any atom is -0.354 e. The molecule has 17 heavy (non-hydrogen) atoms. The largest absolute Gasteiger partial charge is 0.354 e. The van der Waals surface area contributed by atoms with E-state index in [2.05, 4.69) is 10.2 Å². The topological polar surface area (TPSA) is 73.2 Å². The molecule has 1 rings (SSSR count). The molecule has 1 N–H and O–H groups in total. The van der Waals surface area contributed by atoms with Gasteiger partial charge < -0.3 is 5.32 Å². The maximum Gasteiger partial charge on any atom is 0.234 e. The van der Waals surface area contributed by atoms with Crippen molar-refractivity contribution < 1.29 is 9.59 Å². The van der Waals surface area contributed by atoms with Gasteiger partial charge in [0, 0.05) is 19.0 Å². The molecule has 0 aromatic rings. The van der Waals surface area contributed by atoms with Crippen LogP contribution < -0.4 is 5.32 Å². The van der Waals surface area contributed by atoms with Crippen molar-refractivity contribution in [2.45, 2.75) is 38.6 Å². The first-order valence-corrected chi connectivity index (χ1v) is 6.00. The Morgan fingerprint density at radius 1 is 1.53 bits per heavy atom. The number of rotatable bonds is 6. The quantitative estimate of drug-likeness (QED) is 0.681. The molecular formula is C12H19N3O2. The minimum atomic E-state index is -0.0595. The molecule has 0 radical (unpaired) electrons. The van der Waals surface area contributed by atoms with Crippen LogP contribution in [0, 0.1) is 11.3 Å². The molecule has 5 heteroatoms. The molecule has 1 fully saturated rings. The lowest BCUT2D eigenvalue weighted by Gasteiger charge is -2.22. The molecule has 0 aromatic carbocycles. The van der Waals surface area contributed by atoms with Crippen molar-refractivity contribution in [3.63, 3.8) is 0 Å². The Morgan fingerprint density at radius 3 is 2.94 bits per heavy atom. The molecule has 0 aliphatic carbocycles. The van der Waals surface area contributed by atoms with Crippen molar-refractivity contribution in [3.8, 4) is 6.07 Å². The van der Waals surface area contributed by atoms with Crippen LogP contribution >= 0.6 is 0 Å². The third-order valence-electron chi connectivity index (χ3n) is 2.93. The maximum atomic E-state index is 11.6. The number of likely N-dealkylation sites (tertiary alicyclic amines) is 1. The molecule has 1 saturated heterocycles. The van der Waals surface area contributed by atoms with Gasteiger partial charge in [0.1, 0.15) is 5.78 Å². The first-order chi connectivity index (χ1) is 8.13. The lowest BCUT2D eigenvalue weighted by atomic mass is 10.1. The number of Topliss-reactive ketones (excluding diaryl/α,β-unsaturated/α-hetero) is 1. The second-order valence-corrected chi connectivity index (χ2v) is 4.43. The van der Waals surface area contributed by atoms with E-state index < -0.39 is 0 Å². The SMILES string of the molecule is CC(=O)CC1CCCN1CC(=O)NCCC#N. The number of hydrogen-bond donors (Lipinski definition) is 1. The standard InChI is InChI=1S/C12H19N3O2/c1-10(16)8-11-4-2-7-15(11)9-12(17)14-6-3-5-13/h11H,2-4,6-9H2,1H3,(H,14,17). The number of carbonyl (C=O) groups is 2. The molecule has 1 unspecified atom stereocenters. The molecule has 94 valence electrons. The van der Waals surface area contributed by atoms with Crippen molar-refractivity contribution in [1.82, 2.24) is 10.2 Å². The molecule has 0 spiro atoms. The van der Waals surface area contributed by atoms with Crippen molar-refractivity contribution in [1.29, 1.82) is 5.26 Å². The molecule has 5 nitrogen and oxygen atoms in total. The number of ketones is 1. The number of nitriles is 1. The summed E-state index contributed by atoms with van der Waals surface area (Å²) in [5, 5.41) is 11.1. The minimum absolute atomic E-state index is 0.0595. The summed E-state index contributed by atoms with van der Waals surface area (Å²) in [7, 11) is 0. The summed E-state index contributed by atoms with van der Waals surface area (Å²) in [5.41, 5.74) is 0. The molecule has 1 amide bonds. The summed E-state index contributed by atoms with van der Waals surface area (Å²) in [4.78, 5) is 24.7. The van der Waals surface area contributed by atoms with Crippen LogP contribution in [0.4, 0.5) is 0 Å².